The lowest BCUT2D eigenvalue weighted by molar-refractivity contribution is 0.440. The molecule has 1 saturated heterocycles. The Kier molecular flexibility index (Phi) is 4.12. The average Bonchev–Trinajstić information content (AvgIpc) is 2.32. The Hall–Kier alpha value is -0.680. The standard InChI is InChI=1S/C11H17BrN4/c1-13-8-10-4-2-3-5-16(10)11-14-6-9(12)7-15-11/h6-7,10,13H,2-5,8H2,1H3. The lowest BCUT2D eigenvalue weighted by atomic mass is 10.0. The number of nitrogens with one attached hydrogen (secondary N) is 1. The van der Waals surface area contributed by atoms with Gasteiger partial charge in [0.25, 0.3) is 0 Å². The lowest BCUT2D eigenvalue weighted by Gasteiger charge is -2.35. The molecule has 0 amide bonds. The van der Waals surface area contributed by atoms with Crippen LogP contribution in [0.3, 0.4) is 0 Å². The van der Waals surface area contributed by atoms with Crippen molar-refractivity contribution in [3.63, 3.8) is 0 Å². The summed E-state index contributed by atoms with van der Waals surface area (Å²) in [6, 6.07) is 0.528. The molecule has 0 aliphatic carbocycles. The molecule has 88 valence electrons. The SMILES string of the molecule is CNCC1CCCCN1c1ncc(Br)cn1. The van der Waals surface area contributed by atoms with Crippen LogP contribution in [0.5, 0.6) is 0 Å². The van der Waals surface area contributed by atoms with Crippen molar-refractivity contribution in [2.75, 3.05) is 25.0 Å². The van der Waals surface area contributed by atoms with Crippen LogP contribution < -0.4 is 10.2 Å². The fourth-order valence-corrected chi connectivity index (χ4v) is 2.37. The maximum atomic E-state index is 4.37. The summed E-state index contributed by atoms with van der Waals surface area (Å²) in [6.07, 6.45) is 7.39. The molecule has 0 aromatic carbocycles. The summed E-state index contributed by atoms with van der Waals surface area (Å²) >= 11 is 3.36. The van der Waals surface area contributed by atoms with Gasteiger partial charge in [0.05, 0.1) is 4.47 Å². The summed E-state index contributed by atoms with van der Waals surface area (Å²) in [5.74, 6) is 0.850. The number of anilines is 1. The number of hydrogen-bond donors (Lipinski definition) is 1. The van der Waals surface area contributed by atoms with Crippen LogP contribution in [0.25, 0.3) is 0 Å². The Morgan fingerprint density at radius 2 is 2.19 bits per heavy atom. The molecule has 1 N–H and O–H groups in total. The molecule has 4 nitrogen and oxygen atoms in total. The van der Waals surface area contributed by atoms with Gasteiger partial charge in [0.15, 0.2) is 0 Å². The van der Waals surface area contributed by atoms with Crippen molar-refractivity contribution >= 4 is 21.9 Å². The highest BCUT2D eigenvalue weighted by atomic mass is 79.9. The molecule has 5 heteroatoms. The molecule has 1 aliphatic heterocycles. The van der Waals surface area contributed by atoms with E-state index in [9.17, 15) is 0 Å². The van der Waals surface area contributed by atoms with Gasteiger partial charge in [-0.15, -0.1) is 0 Å². The predicted molar refractivity (Wildman–Crippen MR) is 68.6 cm³/mol. The summed E-state index contributed by atoms with van der Waals surface area (Å²) < 4.78 is 0.929. The second-order valence-corrected chi connectivity index (χ2v) is 5.02. The molecule has 0 spiro atoms. The first-order valence-electron chi connectivity index (χ1n) is 5.70. The molecule has 1 aliphatic rings. The summed E-state index contributed by atoms with van der Waals surface area (Å²) in [7, 11) is 2.00. The lowest BCUT2D eigenvalue weighted by Crippen LogP contribution is -2.45. The van der Waals surface area contributed by atoms with Crippen LogP contribution in [-0.4, -0.2) is 36.1 Å². The van der Waals surface area contributed by atoms with E-state index in [2.05, 4.69) is 36.1 Å². The highest BCUT2D eigenvalue weighted by molar-refractivity contribution is 9.10. The molecule has 1 aromatic heterocycles. The van der Waals surface area contributed by atoms with E-state index in [-0.39, 0.29) is 0 Å². The molecule has 0 saturated carbocycles. The Morgan fingerprint density at radius 3 is 2.88 bits per heavy atom. The fourth-order valence-electron chi connectivity index (χ4n) is 2.17. The van der Waals surface area contributed by atoms with Crippen molar-refractivity contribution in [3.05, 3.63) is 16.9 Å². The summed E-state index contributed by atoms with van der Waals surface area (Å²) in [5, 5.41) is 3.24. The van der Waals surface area contributed by atoms with Crippen molar-refractivity contribution in [2.24, 2.45) is 0 Å². The van der Waals surface area contributed by atoms with Gasteiger partial charge >= 0.3 is 0 Å². The van der Waals surface area contributed by atoms with Crippen LogP contribution in [0, 0.1) is 0 Å². The van der Waals surface area contributed by atoms with Gasteiger partial charge in [-0.1, -0.05) is 0 Å². The van der Waals surface area contributed by atoms with Gasteiger partial charge in [-0.3, -0.25) is 0 Å². The Bertz CT molecular complexity index is 325. The van der Waals surface area contributed by atoms with Crippen molar-refractivity contribution in [1.29, 1.82) is 0 Å². The van der Waals surface area contributed by atoms with E-state index in [4.69, 9.17) is 0 Å². The third kappa shape index (κ3) is 2.71. The minimum Gasteiger partial charge on any atom is -0.337 e. The number of likely N-dealkylation sites (N-methyl/N-ethyl adjacent to an activating group) is 1. The molecule has 1 unspecified atom stereocenters. The second-order valence-electron chi connectivity index (χ2n) is 4.10. The molecule has 16 heavy (non-hydrogen) atoms. The molecule has 0 bridgehead atoms. The van der Waals surface area contributed by atoms with Crippen LogP contribution in [0.2, 0.25) is 0 Å². The van der Waals surface area contributed by atoms with Crippen molar-refractivity contribution in [3.8, 4) is 0 Å². The number of aromatic nitrogens is 2. The molecule has 1 aromatic rings. The molecule has 2 rings (SSSR count). The van der Waals surface area contributed by atoms with Gasteiger partial charge in [-0.2, -0.15) is 0 Å². The van der Waals surface area contributed by atoms with Crippen LogP contribution in [0.15, 0.2) is 16.9 Å². The number of nitrogens with zero attached hydrogens (tertiary/aromatic N) is 3. The normalized spacial score (nSPS) is 21.1. The highest BCUT2D eigenvalue weighted by Crippen LogP contribution is 2.21. The zero-order chi connectivity index (χ0) is 11.4. The van der Waals surface area contributed by atoms with E-state index < -0.39 is 0 Å². The van der Waals surface area contributed by atoms with Gasteiger partial charge in [-0.05, 0) is 42.2 Å². The van der Waals surface area contributed by atoms with E-state index >= 15 is 0 Å². The van der Waals surface area contributed by atoms with E-state index in [1.807, 2.05) is 19.4 Å². The first-order valence-corrected chi connectivity index (χ1v) is 6.49. The summed E-state index contributed by atoms with van der Waals surface area (Å²) in [4.78, 5) is 11.1. The smallest absolute Gasteiger partial charge is 0.225 e. The maximum absolute atomic E-state index is 4.37. The third-order valence-corrected chi connectivity index (χ3v) is 3.34. The van der Waals surface area contributed by atoms with Gasteiger partial charge in [0.2, 0.25) is 5.95 Å². The summed E-state index contributed by atoms with van der Waals surface area (Å²) in [5.41, 5.74) is 0. The van der Waals surface area contributed by atoms with Crippen LogP contribution in [-0.2, 0) is 0 Å². The number of rotatable bonds is 3. The van der Waals surface area contributed by atoms with Gasteiger partial charge in [-0.25, -0.2) is 9.97 Å². The van der Waals surface area contributed by atoms with E-state index in [1.165, 1.54) is 19.3 Å². The van der Waals surface area contributed by atoms with Crippen molar-refractivity contribution in [1.82, 2.24) is 15.3 Å². The average molecular weight is 285 g/mol. The number of halogens is 1. The predicted octanol–water partition coefficient (Wildman–Crippen LogP) is 1.82. The Labute approximate surface area is 105 Å². The topological polar surface area (TPSA) is 41.0 Å². The molecular weight excluding hydrogens is 268 g/mol. The zero-order valence-corrected chi connectivity index (χ0v) is 11.1. The Balaban J connectivity index is 2.13. The van der Waals surface area contributed by atoms with Crippen LogP contribution in [0.4, 0.5) is 5.95 Å². The first-order chi connectivity index (χ1) is 7.81. The number of hydrogen-bond acceptors (Lipinski definition) is 4. The third-order valence-electron chi connectivity index (χ3n) is 2.93. The quantitative estimate of drug-likeness (QED) is 0.919. The molecule has 2 heterocycles. The molecule has 1 atom stereocenters. The first kappa shape index (κ1) is 11.8. The van der Waals surface area contributed by atoms with Crippen LogP contribution >= 0.6 is 15.9 Å². The Morgan fingerprint density at radius 1 is 1.44 bits per heavy atom. The molecule has 1 fully saturated rings. The highest BCUT2D eigenvalue weighted by Gasteiger charge is 2.23. The minimum absolute atomic E-state index is 0.528. The van der Waals surface area contributed by atoms with Gasteiger partial charge in [0, 0.05) is 31.5 Å². The summed E-state index contributed by atoms with van der Waals surface area (Å²) in [6.45, 7) is 2.06. The van der Waals surface area contributed by atoms with Gasteiger partial charge < -0.3 is 10.2 Å². The largest absolute Gasteiger partial charge is 0.337 e. The maximum Gasteiger partial charge on any atom is 0.225 e. The monoisotopic (exact) mass is 284 g/mol. The zero-order valence-electron chi connectivity index (χ0n) is 9.49. The van der Waals surface area contributed by atoms with Crippen LogP contribution in [0.1, 0.15) is 19.3 Å². The van der Waals surface area contributed by atoms with Gasteiger partial charge in [0.1, 0.15) is 0 Å². The fraction of sp³-hybridized carbons (Fsp3) is 0.636. The van der Waals surface area contributed by atoms with Crippen molar-refractivity contribution in [2.45, 2.75) is 25.3 Å². The van der Waals surface area contributed by atoms with E-state index in [0.717, 1.165) is 23.5 Å². The van der Waals surface area contributed by atoms with E-state index in [0.29, 0.717) is 6.04 Å². The van der Waals surface area contributed by atoms with E-state index in [1.54, 1.807) is 0 Å². The number of piperidine rings is 1. The molecular formula is C11H17BrN4. The second kappa shape index (κ2) is 5.59. The molecule has 0 radical (unpaired) electrons. The minimum atomic E-state index is 0.528. The van der Waals surface area contributed by atoms with Crippen molar-refractivity contribution < 1.29 is 0 Å².